The second kappa shape index (κ2) is 3.27. The highest BCUT2D eigenvalue weighted by Crippen LogP contribution is 1.90. The Labute approximate surface area is 60.5 Å². The van der Waals surface area contributed by atoms with Crippen molar-refractivity contribution >= 4 is 0 Å². The van der Waals surface area contributed by atoms with E-state index in [0.29, 0.717) is 0 Å². The van der Waals surface area contributed by atoms with Gasteiger partial charge in [0.05, 0.1) is 18.4 Å². The molecule has 1 heterocycles. The van der Waals surface area contributed by atoms with Crippen molar-refractivity contribution < 1.29 is 5.32 Å². The summed E-state index contributed by atoms with van der Waals surface area (Å²) in [6.07, 6.45) is 3.54. The largest absolute Gasteiger partial charge is 0.474 e. The minimum atomic E-state index is 0.799. The van der Waals surface area contributed by atoms with E-state index in [1.54, 1.807) is 12.4 Å². The van der Waals surface area contributed by atoms with Crippen LogP contribution < -0.4 is 5.32 Å². The molecule has 0 unspecified atom stereocenters. The third-order valence-electron chi connectivity index (χ3n) is 1.19. The first-order valence-corrected chi connectivity index (χ1v) is 3.21. The smallest absolute Gasteiger partial charge is 0.110 e. The van der Waals surface area contributed by atoms with Crippen LogP contribution in [0.15, 0.2) is 12.4 Å². The van der Waals surface area contributed by atoms with Gasteiger partial charge in [-0.1, -0.05) is 0 Å². The van der Waals surface area contributed by atoms with Gasteiger partial charge in [0.25, 0.3) is 0 Å². The van der Waals surface area contributed by atoms with Gasteiger partial charge < -0.3 is 5.32 Å². The lowest BCUT2D eigenvalue weighted by atomic mass is 10.4. The quantitative estimate of drug-likeness (QED) is 0.566. The summed E-state index contributed by atoms with van der Waals surface area (Å²) in [4.78, 5) is 8.22. The molecule has 0 spiro atoms. The van der Waals surface area contributed by atoms with Crippen molar-refractivity contribution in [1.82, 2.24) is 9.97 Å². The summed E-state index contributed by atoms with van der Waals surface area (Å²) < 4.78 is 0. The monoisotopic (exact) mass is 137 g/mol. The van der Waals surface area contributed by atoms with Crippen LogP contribution in [0.3, 0.4) is 0 Å². The minimum absolute atomic E-state index is 0.799. The molecular weight excluding hydrogens is 126 g/mol. The summed E-state index contributed by atoms with van der Waals surface area (Å²) in [6, 6.07) is 0. The van der Waals surface area contributed by atoms with Crippen LogP contribution in [0.4, 0.5) is 0 Å². The Balaban J connectivity index is 2.69. The summed E-state index contributed by atoms with van der Waals surface area (Å²) in [6.45, 7) is 2.72. The normalized spacial score (nSPS) is 9.80. The molecule has 0 saturated heterocycles. The molecule has 0 amide bonds. The molecule has 0 fully saturated rings. The highest BCUT2D eigenvalue weighted by molar-refractivity contribution is 4.98. The Kier molecular flexibility index (Phi) is 2.34. The molecule has 3 heteroatoms. The van der Waals surface area contributed by atoms with E-state index < -0.39 is 0 Å². The van der Waals surface area contributed by atoms with Gasteiger partial charge >= 0.3 is 0 Å². The number of aromatic nitrogens is 2. The fourth-order valence-corrected chi connectivity index (χ4v) is 0.673. The highest BCUT2D eigenvalue weighted by Gasteiger charge is 1.91. The predicted molar refractivity (Wildman–Crippen MR) is 37.8 cm³/mol. The van der Waals surface area contributed by atoms with E-state index in [1.165, 1.54) is 0 Å². The van der Waals surface area contributed by atoms with Crippen LogP contribution in [-0.4, -0.2) is 9.97 Å². The SMILES string of the molecule is [CH2-][NH2+]Cc1cnc(C)cn1. The van der Waals surface area contributed by atoms with Crippen LogP contribution in [0, 0.1) is 14.0 Å². The van der Waals surface area contributed by atoms with Gasteiger partial charge in [-0.15, -0.1) is 0 Å². The first-order chi connectivity index (χ1) is 4.83. The zero-order valence-corrected chi connectivity index (χ0v) is 6.04. The van der Waals surface area contributed by atoms with Crippen molar-refractivity contribution in [1.29, 1.82) is 0 Å². The lowest BCUT2D eigenvalue weighted by Gasteiger charge is -1.98. The fourth-order valence-electron chi connectivity index (χ4n) is 0.673. The van der Waals surface area contributed by atoms with Gasteiger partial charge in [0.1, 0.15) is 5.69 Å². The Hall–Kier alpha value is -0.960. The standard InChI is InChI=1S/C7H11N3/c1-6-3-10-7(4-8-2)5-9-6/h3,5H,2,4,8H2,1H3. The number of rotatable bonds is 2. The maximum atomic E-state index is 4.13. The van der Waals surface area contributed by atoms with Gasteiger partial charge in [-0.2, -0.15) is 7.05 Å². The summed E-state index contributed by atoms with van der Waals surface area (Å²) >= 11 is 0. The number of quaternary nitrogens is 1. The van der Waals surface area contributed by atoms with Gasteiger partial charge in [-0.05, 0) is 6.92 Å². The van der Waals surface area contributed by atoms with E-state index in [1.807, 2.05) is 12.2 Å². The molecule has 10 heavy (non-hydrogen) atoms. The molecule has 0 atom stereocenters. The second-order valence-corrected chi connectivity index (χ2v) is 2.14. The number of hydrogen-bond donors (Lipinski definition) is 1. The average molecular weight is 137 g/mol. The fraction of sp³-hybridized carbons (Fsp3) is 0.286. The van der Waals surface area contributed by atoms with Crippen LogP contribution in [0.2, 0.25) is 0 Å². The first kappa shape index (κ1) is 7.15. The molecule has 0 saturated carbocycles. The Morgan fingerprint density at radius 1 is 1.50 bits per heavy atom. The Morgan fingerprint density at radius 3 is 2.80 bits per heavy atom. The van der Waals surface area contributed by atoms with Crippen molar-refractivity contribution in [2.45, 2.75) is 13.5 Å². The molecule has 0 radical (unpaired) electrons. The molecule has 0 aromatic carbocycles. The van der Waals surface area contributed by atoms with E-state index in [9.17, 15) is 0 Å². The molecule has 1 aromatic heterocycles. The molecule has 0 bridgehead atoms. The molecule has 1 aromatic rings. The lowest BCUT2D eigenvalue weighted by molar-refractivity contribution is -0.613. The van der Waals surface area contributed by atoms with Gasteiger partial charge in [-0.3, -0.25) is 9.97 Å². The first-order valence-electron chi connectivity index (χ1n) is 3.21. The highest BCUT2D eigenvalue weighted by atomic mass is 14.9. The third kappa shape index (κ3) is 1.77. The van der Waals surface area contributed by atoms with Gasteiger partial charge in [0, 0.05) is 6.20 Å². The Bertz CT molecular complexity index is 193. The van der Waals surface area contributed by atoms with Crippen molar-refractivity contribution in [2.24, 2.45) is 0 Å². The number of aryl methyl sites for hydroxylation is 1. The Morgan fingerprint density at radius 2 is 2.30 bits per heavy atom. The molecule has 0 aliphatic carbocycles. The van der Waals surface area contributed by atoms with E-state index >= 15 is 0 Å². The zero-order valence-electron chi connectivity index (χ0n) is 6.04. The van der Waals surface area contributed by atoms with Crippen molar-refractivity contribution in [3.05, 3.63) is 30.8 Å². The van der Waals surface area contributed by atoms with Crippen LogP contribution in [0.25, 0.3) is 0 Å². The summed E-state index contributed by atoms with van der Waals surface area (Å²) in [5.41, 5.74) is 1.92. The number of hydrogen-bond acceptors (Lipinski definition) is 2. The van der Waals surface area contributed by atoms with Gasteiger partial charge in [0.2, 0.25) is 0 Å². The molecule has 0 aliphatic heterocycles. The molecular formula is C7H11N3. The summed E-state index contributed by atoms with van der Waals surface area (Å²) in [5, 5.41) is 1.82. The molecule has 2 N–H and O–H groups in total. The van der Waals surface area contributed by atoms with Gasteiger partial charge in [0.15, 0.2) is 0 Å². The lowest BCUT2D eigenvalue weighted by Crippen LogP contribution is -2.75. The maximum absolute atomic E-state index is 4.13. The van der Waals surface area contributed by atoms with Crippen LogP contribution in [-0.2, 0) is 6.54 Å². The van der Waals surface area contributed by atoms with E-state index in [2.05, 4.69) is 17.0 Å². The minimum Gasteiger partial charge on any atom is -0.474 e. The third-order valence-corrected chi connectivity index (χ3v) is 1.19. The summed E-state index contributed by atoms with van der Waals surface area (Å²) in [5.74, 6) is 0. The average Bonchev–Trinajstić information content (AvgIpc) is 1.95. The van der Waals surface area contributed by atoms with Crippen molar-refractivity contribution in [2.75, 3.05) is 0 Å². The van der Waals surface area contributed by atoms with Crippen LogP contribution in [0.5, 0.6) is 0 Å². The predicted octanol–water partition coefficient (Wildman–Crippen LogP) is -0.360. The van der Waals surface area contributed by atoms with Gasteiger partial charge in [-0.25, -0.2) is 0 Å². The van der Waals surface area contributed by atoms with Crippen molar-refractivity contribution in [3.63, 3.8) is 0 Å². The molecule has 0 aliphatic rings. The maximum Gasteiger partial charge on any atom is 0.110 e. The second-order valence-electron chi connectivity index (χ2n) is 2.14. The zero-order chi connectivity index (χ0) is 7.40. The molecule has 54 valence electrons. The molecule has 3 nitrogen and oxygen atoms in total. The number of nitrogens with two attached hydrogens (primary N) is 1. The van der Waals surface area contributed by atoms with Crippen molar-refractivity contribution in [3.8, 4) is 0 Å². The number of nitrogens with zero attached hydrogens (tertiary/aromatic N) is 2. The van der Waals surface area contributed by atoms with E-state index in [0.717, 1.165) is 17.9 Å². The topological polar surface area (TPSA) is 42.4 Å². The molecule has 1 rings (SSSR count). The van der Waals surface area contributed by atoms with Crippen LogP contribution in [0.1, 0.15) is 11.4 Å². The summed E-state index contributed by atoms with van der Waals surface area (Å²) in [7, 11) is 3.61. The van der Waals surface area contributed by atoms with Crippen LogP contribution >= 0.6 is 0 Å². The van der Waals surface area contributed by atoms with E-state index in [4.69, 9.17) is 0 Å². The van der Waals surface area contributed by atoms with E-state index in [-0.39, 0.29) is 0 Å².